The van der Waals surface area contributed by atoms with Crippen LogP contribution in [0.25, 0.3) is 0 Å². The van der Waals surface area contributed by atoms with Crippen molar-refractivity contribution >= 4 is 57.1 Å². The summed E-state index contributed by atoms with van der Waals surface area (Å²) in [5.41, 5.74) is 1.13. The number of hydrogen-bond donors (Lipinski definition) is 0. The third-order valence-electron chi connectivity index (χ3n) is 4.33. The van der Waals surface area contributed by atoms with E-state index in [1.807, 2.05) is 24.3 Å². The lowest BCUT2D eigenvalue weighted by Crippen LogP contribution is -2.29. The highest BCUT2D eigenvalue weighted by Gasteiger charge is 2.27. The number of carbonyl (C=O) groups excluding carboxylic acids is 2. The van der Waals surface area contributed by atoms with Crippen molar-refractivity contribution in [3.05, 3.63) is 66.8 Å². The molecule has 0 spiro atoms. The van der Waals surface area contributed by atoms with Crippen LogP contribution in [0.5, 0.6) is 0 Å². The molecular weight excluding hydrogens is 558 g/mol. The Kier molecular flexibility index (Phi) is 6.91. The van der Waals surface area contributed by atoms with Crippen LogP contribution in [0.3, 0.4) is 0 Å². The van der Waals surface area contributed by atoms with Crippen LogP contribution in [0.2, 0.25) is 0 Å². The normalized spacial score (nSPS) is 19.6. The largest absolute Gasteiger partial charge is 0.459 e. The number of halogens is 2. The smallest absolute Gasteiger partial charge is 0.338 e. The van der Waals surface area contributed by atoms with Crippen molar-refractivity contribution in [2.24, 2.45) is 0 Å². The van der Waals surface area contributed by atoms with E-state index in [2.05, 4.69) is 45.2 Å². The molecule has 26 heavy (non-hydrogen) atoms. The predicted molar refractivity (Wildman–Crippen MR) is 115 cm³/mol. The molecule has 0 radical (unpaired) electrons. The van der Waals surface area contributed by atoms with E-state index in [-0.39, 0.29) is 24.1 Å². The van der Waals surface area contributed by atoms with Gasteiger partial charge in [-0.05, 0) is 119 Å². The molecule has 1 aliphatic rings. The summed E-state index contributed by atoms with van der Waals surface area (Å²) in [6, 6.07) is 14.7. The summed E-state index contributed by atoms with van der Waals surface area (Å²) >= 11 is 4.40. The molecule has 0 bridgehead atoms. The molecule has 2 aromatic rings. The highest BCUT2D eigenvalue weighted by Crippen LogP contribution is 2.25. The number of esters is 2. The van der Waals surface area contributed by atoms with E-state index in [1.54, 1.807) is 24.3 Å². The maximum Gasteiger partial charge on any atom is 0.338 e. The van der Waals surface area contributed by atoms with Crippen molar-refractivity contribution in [2.45, 2.75) is 37.9 Å². The van der Waals surface area contributed by atoms with E-state index in [9.17, 15) is 9.59 Å². The van der Waals surface area contributed by atoms with E-state index < -0.39 is 0 Å². The van der Waals surface area contributed by atoms with Crippen LogP contribution in [0.4, 0.5) is 0 Å². The molecule has 1 fully saturated rings. The lowest BCUT2D eigenvalue weighted by molar-refractivity contribution is -0.0108. The fourth-order valence-electron chi connectivity index (χ4n) is 2.88. The average molecular weight is 576 g/mol. The van der Waals surface area contributed by atoms with E-state index in [1.165, 1.54) is 0 Å². The average Bonchev–Trinajstić information content (AvgIpc) is 2.64. The fraction of sp³-hybridized carbons (Fsp3) is 0.300. The van der Waals surface area contributed by atoms with Crippen molar-refractivity contribution in [3.8, 4) is 0 Å². The van der Waals surface area contributed by atoms with Crippen molar-refractivity contribution in [1.29, 1.82) is 0 Å². The molecule has 0 N–H and O–H groups in total. The quantitative estimate of drug-likeness (QED) is 0.370. The fourth-order valence-corrected chi connectivity index (χ4v) is 3.60. The van der Waals surface area contributed by atoms with E-state index in [4.69, 9.17) is 9.47 Å². The topological polar surface area (TPSA) is 52.6 Å². The van der Waals surface area contributed by atoms with Crippen LogP contribution in [0.15, 0.2) is 48.5 Å². The van der Waals surface area contributed by atoms with Crippen LogP contribution in [-0.4, -0.2) is 24.1 Å². The van der Waals surface area contributed by atoms with Gasteiger partial charge in [-0.1, -0.05) is 0 Å². The zero-order chi connectivity index (χ0) is 18.5. The van der Waals surface area contributed by atoms with Crippen LogP contribution in [0.1, 0.15) is 46.4 Å². The first-order valence-corrected chi connectivity index (χ1v) is 10.6. The van der Waals surface area contributed by atoms with Gasteiger partial charge in [0.15, 0.2) is 0 Å². The molecule has 6 heteroatoms. The van der Waals surface area contributed by atoms with Gasteiger partial charge in [-0.3, -0.25) is 0 Å². The number of carbonyl (C=O) groups is 2. The number of benzene rings is 2. The maximum absolute atomic E-state index is 12.2. The first kappa shape index (κ1) is 19.6. The molecule has 0 atom stereocenters. The zero-order valence-electron chi connectivity index (χ0n) is 14.0. The minimum Gasteiger partial charge on any atom is -0.459 e. The van der Waals surface area contributed by atoms with E-state index in [0.29, 0.717) is 36.8 Å². The molecule has 1 aliphatic carbocycles. The van der Waals surface area contributed by atoms with Crippen LogP contribution in [0, 0.1) is 7.14 Å². The molecule has 3 rings (SSSR count). The molecule has 0 amide bonds. The van der Waals surface area contributed by atoms with Gasteiger partial charge in [0.1, 0.15) is 12.2 Å². The van der Waals surface area contributed by atoms with Gasteiger partial charge in [0.05, 0.1) is 11.1 Å². The molecule has 136 valence electrons. The van der Waals surface area contributed by atoms with Crippen LogP contribution in [-0.2, 0) is 9.47 Å². The lowest BCUT2D eigenvalue weighted by atomic mass is 9.95. The second kappa shape index (κ2) is 9.16. The Morgan fingerprint density at radius 1 is 0.654 bits per heavy atom. The molecule has 0 saturated heterocycles. The SMILES string of the molecule is O=C(OC1CCC(OC(=O)c2ccc(I)cc2)CC1)c1ccc(I)cc1. The number of hydrogen-bond acceptors (Lipinski definition) is 4. The molecule has 0 unspecified atom stereocenters. The highest BCUT2D eigenvalue weighted by molar-refractivity contribution is 14.1. The Balaban J connectivity index is 1.46. The lowest BCUT2D eigenvalue weighted by Gasteiger charge is -2.28. The molecule has 0 aromatic heterocycles. The third-order valence-corrected chi connectivity index (χ3v) is 5.77. The van der Waals surface area contributed by atoms with Gasteiger partial charge in [0, 0.05) is 7.14 Å². The Hall–Kier alpha value is -1.16. The molecule has 2 aromatic carbocycles. The minimum absolute atomic E-state index is 0.116. The second-order valence-electron chi connectivity index (χ2n) is 6.22. The molecular formula is C20H18I2O4. The van der Waals surface area contributed by atoms with Gasteiger partial charge in [0.25, 0.3) is 0 Å². The van der Waals surface area contributed by atoms with Crippen molar-refractivity contribution in [1.82, 2.24) is 0 Å². The summed E-state index contributed by atoms with van der Waals surface area (Å²) in [6.07, 6.45) is 2.60. The summed E-state index contributed by atoms with van der Waals surface area (Å²) in [4.78, 5) is 24.4. The predicted octanol–water partition coefficient (Wildman–Crippen LogP) is 5.22. The number of rotatable bonds is 4. The van der Waals surface area contributed by atoms with E-state index in [0.717, 1.165) is 7.14 Å². The van der Waals surface area contributed by atoms with Crippen LogP contribution >= 0.6 is 45.2 Å². The Morgan fingerprint density at radius 3 is 1.27 bits per heavy atom. The Labute approximate surface area is 179 Å². The van der Waals surface area contributed by atoms with Gasteiger partial charge in [-0.15, -0.1) is 0 Å². The molecule has 4 nitrogen and oxygen atoms in total. The van der Waals surface area contributed by atoms with Crippen molar-refractivity contribution in [2.75, 3.05) is 0 Å². The maximum atomic E-state index is 12.2. The summed E-state index contributed by atoms with van der Waals surface area (Å²) in [7, 11) is 0. The standard InChI is InChI=1S/C20H18I2O4/c21-15-5-1-13(2-6-15)19(23)25-17-9-11-18(12-10-17)26-20(24)14-3-7-16(22)8-4-14/h1-8,17-18H,9-12H2. The second-order valence-corrected chi connectivity index (χ2v) is 8.71. The van der Waals surface area contributed by atoms with Gasteiger partial charge < -0.3 is 9.47 Å². The first-order valence-electron chi connectivity index (χ1n) is 8.44. The Morgan fingerprint density at radius 2 is 0.962 bits per heavy atom. The van der Waals surface area contributed by atoms with E-state index >= 15 is 0 Å². The van der Waals surface area contributed by atoms with Gasteiger partial charge in [0.2, 0.25) is 0 Å². The van der Waals surface area contributed by atoms with Crippen LogP contribution < -0.4 is 0 Å². The van der Waals surface area contributed by atoms with Crippen molar-refractivity contribution in [3.63, 3.8) is 0 Å². The van der Waals surface area contributed by atoms with Crippen molar-refractivity contribution < 1.29 is 19.1 Å². The van der Waals surface area contributed by atoms with Gasteiger partial charge in [-0.25, -0.2) is 9.59 Å². The van der Waals surface area contributed by atoms with Gasteiger partial charge in [-0.2, -0.15) is 0 Å². The number of ether oxygens (including phenoxy) is 2. The van der Waals surface area contributed by atoms with Gasteiger partial charge >= 0.3 is 11.9 Å². The highest BCUT2D eigenvalue weighted by atomic mass is 127. The zero-order valence-corrected chi connectivity index (χ0v) is 18.3. The summed E-state index contributed by atoms with van der Waals surface area (Å²) in [6.45, 7) is 0. The summed E-state index contributed by atoms with van der Waals surface area (Å²) in [5, 5.41) is 0. The monoisotopic (exact) mass is 576 g/mol. The molecule has 0 heterocycles. The summed E-state index contributed by atoms with van der Waals surface area (Å²) in [5.74, 6) is -0.582. The minimum atomic E-state index is -0.291. The summed E-state index contributed by atoms with van der Waals surface area (Å²) < 4.78 is 13.3. The Bertz CT molecular complexity index is 696. The molecule has 1 saturated carbocycles. The first-order chi connectivity index (χ1) is 12.5. The third kappa shape index (κ3) is 5.42. The molecule has 0 aliphatic heterocycles.